The number of amides is 2. The number of fused-ring (bicyclic) bond motifs is 1. The van der Waals surface area contributed by atoms with Crippen molar-refractivity contribution in [3.63, 3.8) is 0 Å². The van der Waals surface area contributed by atoms with Gasteiger partial charge in [-0.1, -0.05) is 17.7 Å². The first-order valence-corrected chi connectivity index (χ1v) is 11.3. The number of rotatable bonds is 5. The van der Waals surface area contributed by atoms with Crippen LogP contribution in [0.3, 0.4) is 0 Å². The number of carbonyl (C=O) groups is 2. The molecule has 34 heavy (non-hydrogen) atoms. The Labute approximate surface area is 199 Å². The number of anilines is 1. The van der Waals surface area contributed by atoms with Gasteiger partial charge in [-0.05, 0) is 54.7 Å². The molecule has 2 heterocycles. The van der Waals surface area contributed by atoms with Gasteiger partial charge in [0.25, 0.3) is 5.91 Å². The highest BCUT2D eigenvalue weighted by Gasteiger charge is 2.43. The molecule has 2 unspecified atom stereocenters. The fraction of sp³-hybridized carbons (Fsp3) is 0.417. The van der Waals surface area contributed by atoms with Crippen LogP contribution in [0.25, 0.3) is 0 Å². The van der Waals surface area contributed by atoms with Crippen LogP contribution in [0.4, 0.5) is 23.2 Å². The second-order valence-corrected chi connectivity index (χ2v) is 9.35. The second kappa shape index (κ2) is 9.54. The van der Waals surface area contributed by atoms with Crippen molar-refractivity contribution in [3.05, 3.63) is 63.9 Å². The first-order chi connectivity index (χ1) is 16.0. The number of hydrogen-bond acceptors (Lipinski definition) is 3. The number of carbonyl (C=O) groups excluding carboxylic acids is 2. The van der Waals surface area contributed by atoms with E-state index in [-0.39, 0.29) is 24.2 Å². The summed E-state index contributed by atoms with van der Waals surface area (Å²) in [6.07, 6.45) is -4.46. The van der Waals surface area contributed by atoms with Crippen LogP contribution in [0, 0.1) is 24.6 Å². The van der Waals surface area contributed by atoms with Crippen molar-refractivity contribution >= 4 is 29.1 Å². The number of nitrogens with zero attached hydrogens (tertiary/aromatic N) is 2. The molecule has 2 saturated heterocycles. The highest BCUT2D eigenvalue weighted by atomic mass is 35.5. The van der Waals surface area contributed by atoms with Gasteiger partial charge in [0.15, 0.2) is 0 Å². The standard InChI is InChI=1S/C24H24ClF4N3O2/c1-14-2-4-18(9-21(14)25)30-22(33)6-7-31-10-15-12-32(13-16(15)11-31)23(34)19-8-17(26)3-5-20(19)24(27,28)29/h2-5,8-9,15-16H,6-7,10-13H2,1H3,(H,30,33). The zero-order valence-corrected chi connectivity index (χ0v) is 19.2. The first kappa shape index (κ1) is 24.5. The Morgan fingerprint density at radius 2 is 1.74 bits per heavy atom. The zero-order valence-electron chi connectivity index (χ0n) is 18.5. The molecule has 2 aromatic carbocycles. The number of hydrogen-bond donors (Lipinski definition) is 1. The summed E-state index contributed by atoms with van der Waals surface area (Å²) in [5, 5.41) is 3.39. The topological polar surface area (TPSA) is 52.7 Å². The number of benzene rings is 2. The van der Waals surface area contributed by atoms with Crippen molar-refractivity contribution in [1.29, 1.82) is 0 Å². The van der Waals surface area contributed by atoms with Gasteiger partial charge in [-0.25, -0.2) is 4.39 Å². The van der Waals surface area contributed by atoms with Crippen LogP contribution in [-0.2, 0) is 11.0 Å². The average molecular weight is 498 g/mol. The normalized spacial score (nSPS) is 20.5. The van der Waals surface area contributed by atoms with Gasteiger partial charge in [-0.2, -0.15) is 13.2 Å². The van der Waals surface area contributed by atoms with Crippen LogP contribution in [0.1, 0.15) is 27.9 Å². The molecule has 0 spiro atoms. The molecule has 2 aromatic rings. The Morgan fingerprint density at radius 3 is 2.35 bits per heavy atom. The average Bonchev–Trinajstić information content (AvgIpc) is 3.32. The number of nitrogens with one attached hydrogen (secondary N) is 1. The first-order valence-electron chi connectivity index (χ1n) is 11.0. The van der Waals surface area contributed by atoms with Gasteiger partial charge in [-0.15, -0.1) is 0 Å². The molecule has 0 radical (unpaired) electrons. The summed E-state index contributed by atoms with van der Waals surface area (Å²) >= 11 is 6.08. The van der Waals surface area contributed by atoms with Crippen molar-refractivity contribution in [1.82, 2.24) is 9.80 Å². The molecule has 2 aliphatic heterocycles. The summed E-state index contributed by atoms with van der Waals surface area (Å²) in [6, 6.07) is 7.29. The van der Waals surface area contributed by atoms with E-state index in [2.05, 4.69) is 10.2 Å². The quantitative estimate of drug-likeness (QED) is 0.602. The summed E-state index contributed by atoms with van der Waals surface area (Å²) in [5.74, 6) is -1.62. The maximum absolute atomic E-state index is 13.6. The molecule has 0 aromatic heterocycles. The number of aryl methyl sites for hydroxylation is 1. The van der Waals surface area contributed by atoms with E-state index in [9.17, 15) is 27.2 Å². The summed E-state index contributed by atoms with van der Waals surface area (Å²) in [4.78, 5) is 28.6. The predicted molar refractivity (Wildman–Crippen MR) is 120 cm³/mol. The molecule has 0 bridgehead atoms. The molecule has 1 N–H and O–H groups in total. The molecule has 0 saturated carbocycles. The van der Waals surface area contributed by atoms with Crippen molar-refractivity contribution in [2.45, 2.75) is 19.5 Å². The predicted octanol–water partition coefficient (Wildman–Crippen LogP) is 4.84. The van der Waals surface area contributed by atoms with Crippen LogP contribution >= 0.6 is 11.6 Å². The van der Waals surface area contributed by atoms with Crippen molar-refractivity contribution < 1.29 is 27.2 Å². The Hall–Kier alpha value is -2.65. The lowest BCUT2D eigenvalue weighted by atomic mass is 10.0. The van der Waals surface area contributed by atoms with Crippen molar-refractivity contribution in [2.24, 2.45) is 11.8 Å². The van der Waals surface area contributed by atoms with E-state index >= 15 is 0 Å². The highest BCUT2D eigenvalue weighted by Crippen LogP contribution is 2.36. The summed E-state index contributed by atoms with van der Waals surface area (Å²) in [7, 11) is 0. The van der Waals surface area contributed by atoms with Crippen LogP contribution in [0.5, 0.6) is 0 Å². The lowest BCUT2D eigenvalue weighted by molar-refractivity contribution is -0.138. The molecular formula is C24H24ClF4N3O2. The Bertz CT molecular complexity index is 1090. The van der Waals surface area contributed by atoms with Gasteiger partial charge in [0.2, 0.25) is 5.91 Å². The largest absolute Gasteiger partial charge is 0.417 e. The molecule has 2 atom stereocenters. The SMILES string of the molecule is Cc1ccc(NC(=O)CCN2CC3CN(C(=O)c4cc(F)ccc4C(F)(F)F)CC3C2)cc1Cl. The van der Waals surface area contributed by atoms with Gasteiger partial charge in [0.1, 0.15) is 5.82 Å². The van der Waals surface area contributed by atoms with Crippen LogP contribution in [0.2, 0.25) is 5.02 Å². The van der Waals surface area contributed by atoms with Gasteiger partial charge in [0, 0.05) is 49.9 Å². The van der Waals surface area contributed by atoms with E-state index in [1.54, 1.807) is 12.1 Å². The number of alkyl halides is 3. The summed E-state index contributed by atoms with van der Waals surface area (Å²) in [6.45, 7) is 4.32. The maximum Gasteiger partial charge on any atom is 0.417 e. The zero-order chi connectivity index (χ0) is 24.6. The minimum absolute atomic E-state index is 0.103. The lowest BCUT2D eigenvalue weighted by Crippen LogP contribution is -2.35. The minimum atomic E-state index is -4.74. The molecule has 4 rings (SSSR count). The van der Waals surface area contributed by atoms with E-state index in [1.807, 2.05) is 13.0 Å². The Morgan fingerprint density at radius 1 is 1.06 bits per heavy atom. The smallest absolute Gasteiger partial charge is 0.338 e. The highest BCUT2D eigenvalue weighted by molar-refractivity contribution is 6.31. The molecule has 2 amide bonds. The van der Waals surface area contributed by atoms with E-state index in [1.165, 1.54) is 4.90 Å². The van der Waals surface area contributed by atoms with Gasteiger partial charge in [-0.3, -0.25) is 9.59 Å². The third-order valence-electron chi connectivity index (χ3n) is 6.48. The molecular weight excluding hydrogens is 474 g/mol. The van der Waals surface area contributed by atoms with Crippen LogP contribution in [-0.4, -0.2) is 54.3 Å². The fourth-order valence-corrected chi connectivity index (χ4v) is 4.88. The molecule has 5 nitrogen and oxygen atoms in total. The third kappa shape index (κ3) is 5.36. The van der Waals surface area contributed by atoms with Crippen LogP contribution in [0.15, 0.2) is 36.4 Å². The molecule has 2 fully saturated rings. The fourth-order valence-electron chi connectivity index (χ4n) is 4.70. The lowest BCUT2D eigenvalue weighted by Gasteiger charge is -2.23. The minimum Gasteiger partial charge on any atom is -0.338 e. The summed E-state index contributed by atoms with van der Waals surface area (Å²) < 4.78 is 53.5. The van der Waals surface area contributed by atoms with E-state index in [0.29, 0.717) is 61.6 Å². The van der Waals surface area contributed by atoms with Crippen LogP contribution < -0.4 is 5.32 Å². The summed E-state index contributed by atoms with van der Waals surface area (Å²) in [5.41, 5.74) is -0.234. The molecule has 10 heteroatoms. The van der Waals surface area contributed by atoms with Gasteiger partial charge in [0.05, 0.1) is 11.1 Å². The Kier molecular flexibility index (Phi) is 6.87. The van der Waals surface area contributed by atoms with E-state index < -0.39 is 29.0 Å². The maximum atomic E-state index is 13.6. The second-order valence-electron chi connectivity index (χ2n) is 8.94. The van der Waals surface area contributed by atoms with Gasteiger partial charge < -0.3 is 15.1 Å². The third-order valence-corrected chi connectivity index (χ3v) is 6.88. The Balaban J connectivity index is 1.30. The van der Waals surface area contributed by atoms with Gasteiger partial charge >= 0.3 is 6.18 Å². The number of likely N-dealkylation sites (tertiary alicyclic amines) is 2. The van der Waals surface area contributed by atoms with Crippen molar-refractivity contribution in [3.8, 4) is 0 Å². The molecule has 182 valence electrons. The van der Waals surface area contributed by atoms with E-state index in [0.717, 1.165) is 5.56 Å². The monoisotopic (exact) mass is 497 g/mol. The van der Waals surface area contributed by atoms with E-state index in [4.69, 9.17) is 11.6 Å². The molecule has 0 aliphatic carbocycles. The number of halogens is 5. The molecule has 2 aliphatic rings. The van der Waals surface area contributed by atoms with Crippen molar-refractivity contribution in [2.75, 3.05) is 38.0 Å².